The van der Waals surface area contributed by atoms with Crippen LogP contribution in [0.4, 0.5) is 16.2 Å². The molecule has 0 unspecified atom stereocenters. The Kier molecular flexibility index (Phi) is 8.14. The molecule has 7 nitrogen and oxygen atoms in total. The number of urea groups is 1. The lowest BCUT2D eigenvalue weighted by Gasteiger charge is -2.32. The van der Waals surface area contributed by atoms with Crippen LogP contribution >= 0.6 is 22.9 Å². The number of methoxy groups -OCH3 is 1. The third-order valence-electron chi connectivity index (χ3n) is 6.79. The highest BCUT2D eigenvalue weighted by atomic mass is 35.5. The summed E-state index contributed by atoms with van der Waals surface area (Å²) in [5.41, 5.74) is 1.41. The molecule has 39 heavy (non-hydrogen) atoms. The number of carbonyl (C=O) groups excluding carboxylic acids is 2. The van der Waals surface area contributed by atoms with Crippen LogP contribution in [0.2, 0.25) is 5.02 Å². The molecule has 1 aromatic heterocycles. The summed E-state index contributed by atoms with van der Waals surface area (Å²) in [6, 6.07) is 21.4. The Bertz CT molecular complexity index is 1450. The molecule has 0 spiro atoms. The second kappa shape index (κ2) is 11.9. The van der Waals surface area contributed by atoms with Gasteiger partial charge in [0.2, 0.25) is 0 Å². The van der Waals surface area contributed by atoms with Crippen molar-refractivity contribution in [2.75, 3.05) is 17.7 Å². The molecule has 0 saturated heterocycles. The van der Waals surface area contributed by atoms with Gasteiger partial charge in [0.25, 0.3) is 0 Å². The molecular weight excluding hydrogens is 534 g/mol. The van der Waals surface area contributed by atoms with Crippen molar-refractivity contribution in [1.29, 1.82) is 0 Å². The number of rotatable bonds is 7. The number of esters is 1. The van der Waals surface area contributed by atoms with Crippen LogP contribution in [0.1, 0.15) is 37.1 Å². The summed E-state index contributed by atoms with van der Waals surface area (Å²) in [6.07, 6.45) is 6.43. The van der Waals surface area contributed by atoms with Crippen molar-refractivity contribution >= 4 is 46.3 Å². The lowest BCUT2D eigenvalue weighted by molar-refractivity contribution is -0.149. The van der Waals surface area contributed by atoms with Crippen molar-refractivity contribution in [3.8, 4) is 21.9 Å². The minimum atomic E-state index is -0.653. The second-order valence-electron chi connectivity index (χ2n) is 9.38. The van der Waals surface area contributed by atoms with Gasteiger partial charge in [-0.25, -0.2) is 9.78 Å². The standard InChI is InChI=1S/C30H28ClN3O4S/c1-37-28(35)30(16-6-3-7-17-30)27-32-19-26(39-27)20-10-13-22(14-11-20)33-29(36)34-24-15-12-21(31)18-25(24)38-23-8-4-2-5-9-23/h2,4-5,8-15,18-19H,3,6-7,16-17H2,1H3,(H2,33,34,36). The van der Waals surface area contributed by atoms with Crippen LogP contribution in [0.3, 0.4) is 0 Å². The third-order valence-corrected chi connectivity index (χ3v) is 8.27. The molecule has 200 valence electrons. The molecule has 3 aromatic carbocycles. The number of hydrogen-bond acceptors (Lipinski definition) is 6. The molecule has 1 aliphatic carbocycles. The Morgan fingerprint density at radius 3 is 2.41 bits per heavy atom. The van der Waals surface area contributed by atoms with Crippen molar-refractivity contribution in [1.82, 2.24) is 4.98 Å². The monoisotopic (exact) mass is 561 g/mol. The maximum absolute atomic E-state index is 12.8. The van der Waals surface area contributed by atoms with Gasteiger partial charge in [0, 0.05) is 23.0 Å². The van der Waals surface area contributed by atoms with Crippen molar-refractivity contribution in [3.63, 3.8) is 0 Å². The van der Waals surface area contributed by atoms with Gasteiger partial charge in [0.1, 0.15) is 16.2 Å². The van der Waals surface area contributed by atoms with Crippen LogP contribution in [-0.4, -0.2) is 24.1 Å². The molecule has 5 rings (SSSR count). The van der Waals surface area contributed by atoms with Crippen LogP contribution in [-0.2, 0) is 14.9 Å². The highest BCUT2D eigenvalue weighted by Crippen LogP contribution is 2.43. The zero-order valence-electron chi connectivity index (χ0n) is 21.4. The summed E-state index contributed by atoms with van der Waals surface area (Å²) in [4.78, 5) is 31.1. The van der Waals surface area contributed by atoms with Crippen molar-refractivity contribution in [2.24, 2.45) is 0 Å². The highest BCUT2D eigenvalue weighted by molar-refractivity contribution is 7.15. The second-order valence-corrected chi connectivity index (χ2v) is 10.8. The Morgan fingerprint density at radius 2 is 1.69 bits per heavy atom. The number of nitrogens with one attached hydrogen (secondary N) is 2. The molecule has 0 aliphatic heterocycles. The van der Waals surface area contributed by atoms with Crippen LogP contribution in [0, 0.1) is 0 Å². The Balaban J connectivity index is 1.26. The van der Waals surface area contributed by atoms with Gasteiger partial charge >= 0.3 is 12.0 Å². The van der Waals surface area contributed by atoms with E-state index in [1.165, 1.54) is 18.4 Å². The Labute approximate surface area is 236 Å². The van der Waals surface area contributed by atoms with E-state index in [0.717, 1.165) is 47.6 Å². The van der Waals surface area contributed by atoms with E-state index in [2.05, 4.69) is 15.6 Å². The minimum absolute atomic E-state index is 0.202. The van der Waals surface area contributed by atoms with Crippen molar-refractivity contribution < 1.29 is 19.1 Å². The van der Waals surface area contributed by atoms with E-state index < -0.39 is 11.4 Å². The summed E-state index contributed by atoms with van der Waals surface area (Å²) in [7, 11) is 1.44. The first-order valence-electron chi connectivity index (χ1n) is 12.7. The largest absolute Gasteiger partial charge is 0.468 e. The zero-order valence-corrected chi connectivity index (χ0v) is 23.0. The average Bonchev–Trinajstić information content (AvgIpc) is 3.46. The summed E-state index contributed by atoms with van der Waals surface area (Å²) in [5, 5.41) is 6.98. The Hall–Kier alpha value is -3.88. The van der Waals surface area contributed by atoms with E-state index in [1.807, 2.05) is 60.8 Å². The van der Waals surface area contributed by atoms with Crippen LogP contribution in [0.5, 0.6) is 11.5 Å². The summed E-state index contributed by atoms with van der Waals surface area (Å²) >= 11 is 7.68. The van der Waals surface area contributed by atoms with E-state index in [1.54, 1.807) is 18.2 Å². The smallest absolute Gasteiger partial charge is 0.323 e. The van der Waals surface area contributed by atoms with Gasteiger partial charge in [-0.2, -0.15) is 0 Å². The fraction of sp³-hybridized carbons (Fsp3) is 0.233. The molecule has 1 fully saturated rings. The molecule has 1 saturated carbocycles. The molecule has 0 atom stereocenters. The van der Waals surface area contributed by atoms with E-state index in [0.29, 0.717) is 27.9 Å². The normalized spacial score (nSPS) is 14.3. The number of carbonyl (C=O) groups is 2. The maximum Gasteiger partial charge on any atom is 0.323 e. The minimum Gasteiger partial charge on any atom is -0.468 e. The molecule has 4 aromatic rings. The number of amides is 2. The number of nitrogens with zero attached hydrogens (tertiary/aromatic N) is 1. The van der Waals surface area contributed by atoms with E-state index in [-0.39, 0.29) is 5.97 Å². The number of halogens is 1. The van der Waals surface area contributed by atoms with Crippen LogP contribution in [0.15, 0.2) is 79.0 Å². The fourth-order valence-electron chi connectivity index (χ4n) is 4.79. The number of anilines is 2. The van der Waals surface area contributed by atoms with Crippen LogP contribution in [0.25, 0.3) is 10.4 Å². The number of benzene rings is 3. The lowest BCUT2D eigenvalue weighted by Crippen LogP contribution is -2.38. The maximum atomic E-state index is 12.8. The molecule has 0 bridgehead atoms. The van der Waals surface area contributed by atoms with Gasteiger partial charge in [-0.15, -0.1) is 11.3 Å². The third kappa shape index (κ3) is 6.08. The molecule has 9 heteroatoms. The number of thiazole rings is 1. The number of hydrogen-bond donors (Lipinski definition) is 2. The molecular formula is C30H28ClN3O4S. The zero-order chi connectivity index (χ0) is 27.2. The van der Waals surface area contributed by atoms with Gasteiger partial charge in [-0.3, -0.25) is 4.79 Å². The van der Waals surface area contributed by atoms with E-state index in [4.69, 9.17) is 21.1 Å². The van der Waals surface area contributed by atoms with Gasteiger partial charge in [0.05, 0.1) is 17.7 Å². The van der Waals surface area contributed by atoms with Gasteiger partial charge in [-0.05, 0) is 54.8 Å². The van der Waals surface area contributed by atoms with Gasteiger partial charge in [-0.1, -0.05) is 61.2 Å². The fourth-order valence-corrected chi connectivity index (χ4v) is 6.10. The van der Waals surface area contributed by atoms with Gasteiger partial charge in [0.15, 0.2) is 5.75 Å². The SMILES string of the molecule is COC(=O)C1(c2ncc(-c3ccc(NC(=O)Nc4ccc(Cl)cc4Oc4ccccc4)cc3)s2)CCCCC1. The van der Waals surface area contributed by atoms with Crippen LogP contribution < -0.4 is 15.4 Å². The molecule has 0 radical (unpaired) electrons. The summed E-state index contributed by atoms with van der Waals surface area (Å²) < 4.78 is 11.1. The topological polar surface area (TPSA) is 89.5 Å². The summed E-state index contributed by atoms with van der Waals surface area (Å²) in [5.74, 6) is 0.862. The van der Waals surface area contributed by atoms with E-state index in [9.17, 15) is 9.59 Å². The number of ether oxygens (including phenoxy) is 2. The quantitative estimate of drug-likeness (QED) is 0.222. The number of aromatic nitrogens is 1. The Morgan fingerprint density at radius 1 is 0.949 bits per heavy atom. The first kappa shape index (κ1) is 26.7. The molecule has 2 amide bonds. The van der Waals surface area contributed by atoms with Gasteiger partial charge < -0.3 is 20.1 Å². The summed E-state index contributed by atoms with van der Waals surface area (Å²) in [6.45, 7) is 0. The number of para-hydroxylation sites is 1. The van der Waals surface area contributed by atoms with Crippen molar-refractivity contribution in [2.45, 2.75) is 37.5 Å². The molecule has 1 heterocycles. The average molecular weight is 562 g/mol. The first-order valence-corrected chi connectivity index (χ1v) is 13.9. The molecule has 2 N–H and O–H groups in total. The van der Waals surface area contributed by atoms with Crippen molar-refractivity contribution in [3.05, 3.63) is 89.0 Å². The predicted molar refractivity (Wildman–Crippen MR) is 155 cm³/mol. The lowest BCUT2D eigenvalue weighted by atomic mass is 9.74. The van der Waals surface area contributed by atoms with E-state index >= 15 is 0 Å². The first-order chi connectivity index (χ1) is 19.0. The highest BCUT2D eigenvalue weighted by Gasteiger charge is 2.44. The molecule has 1 aliphatic rings. The predicted octanol–water partition coefficient (Wildman–Crippen LogP) is 8.27.